The fraction of sp³-hybridized carbons (Fsp3) is 0.125. The van der Waals surface area contributed by atoms with Crippen molar-refractivity contribution in [2.75, 3.05) is 0 Å². The van der Waals surface area contributed by atoms with Crippen LogP contribution in [0.1, 0.15) is 5.56 Å². The molecule has 2 rings (SSSR count). The number of fused-ring (bicyclic) bond motifs is 1. The van der Waals surface area contributed by atoms with Crippen LogP contribution < -0.4 is 5.73 Å². The molecule has 0 aliphatic heterocycles. The molecule has 0 radical (unpaired) electrons. The largest absolute Gasteiger partial charge is 0.326 e. The molecule has 3 heteroatoms. The average molecular weight is 147 g/mol. The monoisotopic (exact) mass is 147 g/mol. The first-order valence-corrected chi connectivity index (χ1v) is 3.52. The van der Waals surface area contributed by atoms with Crippen LogP contribution in [0.15, 0.2) is 30.7 Å². The third kappa shape index (κ3) is 0.897. The van der Waals surface area contributed by atoms with Crippen molar-refractivity contribution in [2.45, 2.75) is 6.54 Å². The molecule has 0 bridgehead atoms. The predicted molar refractivity (Wildman–Crippen MR) is 43.1 cm³/mol. The standard InChI is InChI=1S/C8H9N3/c9-6-7-2-1-4-11-5-3-10-8(7)11/h1-5H,6,9H2. The summed E-state index contributed by atoms with van der Waals surface area (Å²) in [5.41, 5.74) is 7.56. The Hall–Kier alpha value is -1.35. The summed E-state index contributed by atoms with van der Waals surface area (Å²) in [4.78, 5) is 4.17. The molecule has 56 valence electrons. The lowest BCUT2D eigenvalue weighted by Crippen LogP contribution is -1.99. The molecule has 0 atom stereocenters. The first kappa shape index (κ1) is 6.37. The van der Waals surface area contributed by atoms with Gasteiger partial charge in [-0.05, 0) is 6.07 Å². The molecule has 2 aromatic rings. The lowest BCUT2D eigenvalue weighted by atomic mass is 10.3. The molecule has 0 amide bonds. The van der Waals surface area contributed by atoms with E-state index in [1.165, 1.54) is 0 Å². The van der Waals surface area contributed by atoms with Crippen molar-refractivity contribution in [3.63, 3.8) is 0 Å². The number of rotatable bonds is 1. The zero-order valence-corrected chi connectivity index (χ0v) is 6.07. The van der Waals surface area contributed by atoms with Gasteiger partial charge in [-0.2, -0.15) is 0 Å². The van der Waals surface area contributed by atoms with E-state index in [0.717, 1.165) is 11.2 Å². The topological polar surface area (TPSA) is 43.3 Å². The number of hydrogen-bond acceptors (Lipinski definition) is 2. The Balaban J connectivity index is 2.79. The van der Waals surface area contributed by atoms with Crippen LogP contribution in [0, 0.1) is 0 Å². The highest BCUT2D eigenvalue weighted by Gasteiger charge is 1.97. The lowest BCUT2D eigenvalue weighted by molar-refractivity contribution is 1.04. The van der Waals surface area contributed by atoms with E-state index in [1.54, 1.807) is 6.20 Å². The van der Waals surface area contributed by atoms with Crippen LogP contribution >= 0.6 is 0 Å². The molecule has 0 aliphatic rings. The molecule has 2 N–H and O–H groups in total. The Morgan fingerprint density at radius 2 is 2.36 bits per heavy atom. The van der Waals surface area contributed by atoms with Crippen molar-refractivity contribution < 1.29 is 0 Å². The minimum absolute atomic E-state index is 0.543. The van der Waals surface area contributed by atoms with Gasteiger partial charge in [0.2, 0.25) is 0 Å². The van der Waals surface area contributed by atoms with Crippen LogP contribution in [0.2, 0.25) is 0 Å². The second kappa shape index (κ2) is 2.36. The summed E-state index contributed by atoms with van der Waals surface area (Å²) >= 11 is 0. The van der Waals surface area contributed by atoms with Crippen molar-refractivity contribution in [2.24, 2.45) is 5.73 Å². The van der Waals surface area contributed by atoms with E-state index >= 15 is 0 Å². The van der Waals surface area contributed by atoms with Gasteiger partial charge >= 0.3 is 0 Å². The van der Waals surface area contributed by atoms with E-state index in [0.29, 0.717) is 6.54 Å². The molecule has 0 aliphatic carbocycles. The summed E-state index contributed by atoms with van der Waals surface area (Å²) in [5.74, 6) is 0. The number of pyridine rings is 1. The van der Waals surface area contributed by atoms with Crippen LogP contribution in [-0.4, -0.2) is 9.38 Å². The Morgan fingerprint density at radius 3 is 3.18 bits per heavy atom. The summed E-state index contributed by atoms with van der Waals surface area (Å²) < 4.78 is 1.96. The van der Waals surface area contributed by atoms with Crippen LogP contribution in [0.25, 0.3) is 5.65 Å². The van der Waals surface area contributed by atoms with Crippen molar-refractivity contribution in [1.29, 1.82) is 0 Å². The van der Waals surface area contributed by atoms with Crippen LogP contribution in [0.5, 0.6) is 0 Å². The number of nitrogens with zero attached hydrogens (tertiary/aromatic N) is 2. The maximum absolute atomic E-state index is 5.52. The van der Waals surface area contributed by atoms with E-state index < -0.39 is 0 Å². The summed E-state index contributed by atoms with van der Waals surface area (Å²) in [7, 11) is 0. The van der Waals surface area contributed by atoms with Gasteiger partial charge in [0.15, 0.2) is 0 Å². The molecule has 0 unspecified atom stereocenters. The minimum Gasteiger partial charge on any atom is -0.326 e. The van der Waals surface area contributed by atoms with Crippen LogP contribution in [-0.2, 0) is 6.54 Å². The third-order valence-electron chi connectivity index (χ3n) is 1.72. The molecule has 11 heavy (non-hydrogen) atoms. The zero-order chi connectivity index (χ0) is 7.68. The number of nitrogens with two attached hydrogens (primary N) is 1. The first-order chi connectivity index (χ1) is 5.42. The molecule has 3 nitrogen and oxygen atoms in total. The summed E-state index contributed by atoms with van der Waals surface area (Å²) in [6.45, 7) is 0.543. The Kier molecular flexibility index (Phi) is 1.36. The maximum Gasteiger partial charge on any atom is 0.141 e. The normalized spacial score (nSPS) is 10.6. The molecule has 0 fully saturated rings. The molecule has 2 aromatic heterocycles. The van der Waals surface area contributed by atoms with E-state index in [9.17, 15) is 0 Å². The molecule has 0 aromatic carbocycles. The highest BCUT2D eigenvalue weighted by molar-refractivity contribution is 5.47. The fourth-order valence-electron chi connectivity index (χ4n) is 1.17. The van der Waals surface area contributed by atoms with E-state index in [-0.39, 0.29) is 0 Å². The Labute approximate surface area is 64.5 Å². The van der Waals surface area contributed by atoms with Crippen molar-refractivity contribution in [3.8, 4) is 0 Å². The molecule has 2 heterocycles. The van der Waals surface area contributed by atoms with Gasteiger partial charge < -0.3 is 10.1 Å². The SMILES string of the molecule is NCc1cccn2ccnc12. The summed E-state index contributed by atoms with van der Waals surface area (Å²) in [6, 6.07) is 3.96. The predicted octanol–water partition coefficient (Wildman–Crippen LogP) is 0.793. The van der Waals surface area contributed by atoms with Crippen molar-refractivity contribution in [3.05, 3.63) is 36.3 Å². The lowest BCUT2D eigenvalue weighted by Gasteiger charge is -1.97. The summed E-state index contributed by atoms with van der Waals surface area (Å²) in [5, 5.41) is 0. The molecular formula is C8H9N3. The number of aromatic nitrogens is 2. The molecule has 0 saturated heterocycles. The van der Waals surface area contributed by atoms with E-state index in [1.807, 2.05) is 28.9 Å². The highest BCUT2D eigenvalue weighted by Crippen LogP contribution is 2.06. The van der Waals surface area contributed by atoms with Crippen molar-refractivity contribution in [1.82, 2.24) is 9.38 Å². The summed E-state index contributed by atoms with van der Waals surface area (Å²) in [6.07, 6.45) is 5.64. The molecule has 0 saturated carbocycles. The highest BCUT2D eigenvalue weighted by atomic mass is 15.0. The second-order valence-corrected chi connectivity index (χ2v) is 2.40. The smallest absolute Gasteiger partial charge is 0.141 e. The van der Waals surface area contributed by atoms with E-state index in [2.05, 4.69) is 4.98 Å². The first-order valence-electron chi connectivity index (χ1n) is 3.52. The van der Waals surface area contributed by atoms with Gasteiger partial charge in [0.05, 0.1) is 0 Å². The van der Waals surface area contributed by atoms with Gasteiger partial charge in [-0.25, -0.2) is 4.98 Å². The van der Waals surface area contributed by atoms with Crippen molar-refractivity contribution >= 4 is 5.65 Å². The van der Waals surface area contributed by atoms with Gasteiger partial charge in [0.1, 0.15) is 5.65 Å². The second-order valence-electron chi connectivity index (χ2n) is 2.40. The van der Waals surface area contributed by atoms with Crippen LogP contribution in [0.4, 0.5) is 0 Å². The number of hydrogen-bond donors (Lipinski definition) is 1. The number of imidazole rings is 1. The van der Waals surface area contributed by atoms with Gasteiger partial charge in [-0.15, -0.1) is 0 Å². The van der Waals surface area contributed by atoms with Gasteiger partial charge in [0, 0.05) is 30.7 Å². The Bertz CT molecular complexity index is 364. The average Bonchev–Trinajstić information content (AvgIpc) is 2.50. The fourth-order valence-corrected chi connectivity index (χ4v) is 1.17. The maximum atomic E-state index is 5.52. The Morgan fingerprint density at radius 1 is 1.45 bits per heavy atom. The molecular weight excluding hydrogens is 138 g/mol. The van der Waals surface area contributed by atoms with Crippen LogP contribution in [0.3, 0.4) is 0 Å². The third-order valence-corrected chi connectivity index (χ3v) is 1.72. The van der Waals surface area contributed by atoms with Gasteiger partial charge in [-0.3, -0.25) is 0 Å². The zero-order valence-electron chi connectivity index (χ0n) is 6.07. The van der Waals surface area contributed by atoms with E-state index in [4.69, 9.17) is 5.73 Å². The minimum atomic E-state index is 0.543. The molecule has 0 spiro atoms. The van der Waals surface area contributed by atoms with Gasteiger partial charge in [0.25, 0.3) is 0 Å². The van der Waals surface area contributed by atoms with Gasteiger partial charge in [-0.1, -0.05) is 6.07 Å². The quantitative estimate of drug-likeness (QED) is 0.648.